The minimum Gasteiger partial charge on any atom is -0.456 e. The summed E-state index contributed by atoms with van der Waals surface area (Å²) < 4.78 is 23.9. The first-order valence-electron chi connectivity index (χ1n) is 19.1. The van der Waals surface area contributed by atoms with Crippen molar-refractivity contribution in [3.8, 4) is 33.8 Å². The Morgan fingerprint density at radius 2 is 1.44 bits per heavy atom. The van der Waals surface area contributed by atoms with Gasteiger partial charge < -0.3 is 4.42 Å². The van der Waals surface area contributed by atoms with Crippen LogP contribution in [0.15, 0.2) is 120 Å². The van der Waals surface area contributed by atoms with E-state index in [0.29, 0.717) is 0 Å². The van der Waals surface area contributed by atoms with Crippen LogP contribution in [0.4, 0.5) is 0 Å². The first kappa shape index (κ1) is 30.4. The molecule has 5 heteroatoms. The van der Waals surface area contributed by atoms with Gasteiger partial charge in [-0.1, -0.05) is 93.6 Å². The van der Waals surface area contributed by atoms with Crippen LogP contribution in [0.3, 0.4) is 0 Å². The van der Waals surface area contributed by atoms with Crippen molar-refractivity contribution in [3.05, 3.63) is 138 Å². The van der Waals surface area contributed by atoms with Crippen LogP contribution in [0.2, 0.25) is 19.6 Å². The molecule has 0 fully saturated rings. The van der Waals surface area contributed by atoms with Gasteiger partial charge in [0.2, 0.25) is 5.69 Å². The topological polar surface area (TPSA) is 25.8 Å². The fourth-order valence-electron chi connectivity index (χ4n) is 9.32. The Balaban J connectivity index is 1.38. The Morgan fingerprint density at radius 3 is 2.19 bits per heavy atom. The average Bonchev–Trinajstić information content (AvgIpc) is 3.82. The summed E-state index contributed by atoms with van der Waals surface area (Å²) in [7, 11) is -1.93. The molecule has 1 unspecified atom stereocenters. The van der Waals surface area contributed by atoms with Crippen LogP contribution in [-0.4, -0.2) is 12.6 Å². The molecule has 256 valence electrons. The molecule has 1 spiro atoms. The fourth-order valence-corrected chi connectivity index (χ4v) is 11.0. The zero-order valence-corrected chi connectivity index (χ0v) is 32.3. The van der Waals surface area contributed by atoms with E-state index in [1.54, 1.807) is 0 Å². The first-order valence-corrected chi connectivity index (χ1v) is 22.1. The molecule has 0 radical (unpaired) electrons. The maximum atomic E-state index is 9.35. The summed E-state index contributed by atoms with van der Waals surface area (Å²) in [6, 6.07) is 40.6. The summed E-state index contributed by atoms with van der Waals surface area (Å²) in [4.78, 5) is 0. The number of furan rings is 1. The van der Waals surface area contributed by atoms with E-state index >= 15 is 0 Å². The van der Waals surface area contributed by atoms with Crippen LogP contribution < -0.4 is 14.3 Å². The van der Waals surface area contributed by atoms with Gasteiger partial charge in [0, 0.05) is 23.4 Å². The van der Waals surface area contributed by atoms with Gasteiger partial charge in [-0.2, -0.15) is 4.57 Å². The highest BCUT2D eigenvalue weighted by Crippen LogP contribution is 2.54. The third-order valence-electron chi connectivity index (χ3n) is 11.6. The van der Waals surface area contributed by atoms with E-state index in [9.17, 15) is 1.37 Å². The lowest BCUT2D eigenvalue weighted by molar-refractivity contribution is -0.735. The molecular formula is C47H45N3OSi+2. The lowest BCUT2D eigenvalue weighted by atomic mass is 9.88. The number of aromatic nitrogens is 3. The largest absolute Gasteiger partial charge is 0.456 e. The predicted molar refractivity (Wildman–Crippen MR) is 216 cm³/mol. The molecule has 2 aliphatic heterocycles. The molecule has 0 N–H and O–H groups in total. The van der Waals surface area contributed by atoms with Gasteiger partial charge in [-0.3, -0.25) is 0 Å². The van der Waals surface area contributed by atoms with Crippen molar-refractivity contribution in [1.82, 2.24) is 4.57 Å². The molecule has 1 atom stereocenters. The molecule has 4 nitrogen and oxygen atoms in total. The van der Waals surface area contributed by atoms with Crippen molar-refractivity contribution >= 4 is 46.2 Å². The molecule has 8 aromatic rings. The summed E-state index contributed by atoms with van der Waals surface area (Å²) in [6.45, 7) is 18.0. The number of hydrogen-bond acceptors (Lipinski definition) is 1. The number of pyridine rings is 1. The number of para-hydroxylation sites is 2. The maximum Gasteiger partial charge on any atom is 0.364 e. The third-order valence-corrected chi connectivity index (χ3v) is 13.7. The van der Waals surface area contributed by atoms with Gasteiger partial charge in [0.1, 0.15) is 11.2 Å². The van der Waals surface area contributed by atoms with Crippen LogP contribution in [-0.2, 0) is 5.66 Å². The molecule has 5 aromatic carbocycles. The van der Waals surface area contributed by atoms with Gasteiger partial charge in [0.15, 0.2) is 17.2 Å². The van der Waals surface area contributed by atoms with Crippen LogP contribution >= 0.6 is 0 Å². The number of aryl methyl sites for hydroxylation is 1. The molecule has 0 amide bonds. The Bertz CT molecular complexity index is 2850. The van der Waals surface area contributed by atoms with Crippen molar-refractivity contribution in [2.75, 3.05) is 0 Å². The van der Waals surface area contributed by atoms with Crippen LogP contribution in [0, 0.1) is 6.92 Å². The van der Waals surface area contributed by atoms with Gasteiger partial charge in [0.25, 0.3) is 5.82 Å². The molecule has 52 heavy (non-hydrogen) atoms. The molecular weight excluding hydrogens is 651 g/mol. The zero-order valence-electron chi connectivity index (χ0n) is 32.3. The van der Waals surface area contributed by atoms with Gasteiger partial charge in [0.05, 0.1) is 36.4 Å². The second-order valence-electron chi connectivity index (χ2n) is 16.5. The summed E-state index contributed by atoms with van der Waals surface area (Å²) in [6.07, 6.45) is 2.44. The van der Waals surface area contributed by atoms with Crippen molar-refractivity contribution in [1.29, 1.82) is 0 Å². The number of benzene rings is 5. The molecule has 2 aliphatic rings. The molecule has 0 bridgehead atoms. The second kappa shape index (κ2) is 10.6. The monoisotopic (exact) mass is 696 g/mol. The summed E-state index contributed by atoms with van der Waals surface area (Å²) in [5.41, 5.74) is 14.3. The fraction of sp³-hybridized carbons (Fsp3) is 0.234. The Hall–Kier alpha value is -5.26. The van der Waals surface area contributed by atoms with E-state index in [1.165, 1.54) is 61.0 Å². The number of rotatable bonds is 4. The number of nitrogens with zero attached hydrogens (tertiary/aromatic N) is 3. The minimum absolute atomic E-state index is 0.217. The van der Waals surface area contributed by atoms with Gasteiger partial charge >= 0.3 is 5.66 Å². The molecule has 10 rings (SSSR count). The van der Waals surface area contributed by atoms with Crippen LogP contribution in [0.5, 0.6) is 0 Å². The van der Waals surface area contributed by atoms with E-state index in [-0.39, 0.29) is 6.04 Å². The standard InChI is InChI=1S/C47H45N3OSi/c1-28(2)34-25-42-33-13-9-10-14-38(33)47(48(42)27-45(34)52(6,7)8)39-26-44-36(35-23-32(21-22-43(35)51-44)31-19-17-30(5)18-20-31)24-37(39)46-49(29(3)4)40-15-11-12-16-41(40)50(46)47/h9-29H,1-8H3/q+2/i28D. The molecule has 5 heterocycles. The normalized spacial score (nSPS) is 16.6. The average molecular weight is 697 g/mol. The molecule has 0 saturated carbocycles. The Morgan fingerprint density at radius 1 is 0.731 bits per heavy atom. The van der Waals surface area contributed by atoms with Crippen molar-refractivity contribution in [2.45, 2.75) is 71.9 Å². The SMILES string of the molecule is [2H]C(C)(C)c1cc2[n+](cc1[Si](C)(C)C)C1(c3ccccc3-2)c2cc3oc4ccc(-c5ccc(C)cc5)cc4c3cc2-c2n1c1ccccc1[n+]2C(C)C. The highest BCUT2D eigenvalue weighted by Gasteiger charge is 2.66. The van der Waals surface area contributed by atoms with Gasteiger partial charge in [-0.05, 0) is 91.9 Å². The number of hydrogen-bond donors (Lipinski definition) is 0. The van der Waals surface area contributed by atoms with Crippen molar-refractivity contribution in [3.63, 3.8) is 0 Å². The van der Waals surface area contributed by atoms with E-state index in [1.807, 2.05) is 13.8 Å². The van der Waals surface area contributed by atoms with Gasteiger partial charge in [-0.15, -0.1) is 4.57 Å². The highest BCUT2D eigenvalue weighted by molar-refractivity contribution is 6.89. The quantitative estimate of drug-likeness (QED) is 0.133. The van der Waals surface area contributed by atoms with E-state index in [2.05, 4.69) is 170 Å². The van der Waals surface area contributed by atoms with E-state index in [4.69, 9.17) is 4.42 Å². The number of imidazole rings is 1. The van der Waals surface area contributed by atoms with E-state index < -0.39 is 19.6 Å². The van der Waals surface area contributed by atoms with Gasteiger partial charge in [-0.25, -0.2) is 4.57 Å². The van der Waals surface area contributed by atoms with Crippen molar-refractivity contribution < 1.29 is 14.9 Å². The third kappa shape index (κ3) is 4.03. The smallest absolute Gasteiger partial charge is 0.364 e. The van der Waals surface area contributed by atoms with Crippen molar-refractivity contribution in [2.24, 2.45) is 0 Å². The Kier molecular flexibility index (Phi) is 6.22. The predicted octanol–water partition coefficient (Wildman–Crippen LogP) is 10.6. The number of fused-ring (bicyclic) bond motifs is 15. The maximum absolute atomic E-state index is 9.35. The summed E-state index contributed by atoms with van der Waals surface area (Å²) in [5, 5.41) is 3.58. The first-order chi connectivity index (χ1) is 25.3. The highest BCUT2D eigenvalue weighted by atomic mass is 28.3. The minimum atomic E-state index is -1.93. The lowest BCUT2D eigenvalue weighted by Crippen LogP contribution is -2.61. The summed E-state index contributed by atoms with van der Waals surface area (Å²) in [5.74, 6) is 0.463. The second-order valence-corrected chi connectivity index (χ2v) is 21.5. The van der Waals surface area contributed by atoms with Crippen LogP contribution in [0.25, 0.3) is 66.7 Å². The molecule has 0 aliphatic carbocycles. The lowest BCUT2D eigenvalue weighted by Gasteiger charge is -2.25. The zero-order chi connectivity index (χ0) is 36.8. The molecule has 3 aromatic heterocycles. The van der Waals surface area contributed by atoms with E-state index in [0.717, 1.165) is 33.2 Å². The Labute approximate surface area is 308 Å². The van der Waals surface area contributed by atoms with Crippen LogP contribution in [0.1, 0.15) is 63.3 Å². The molecule has 0 saturated heterocycles. The summed E-state index contributed by atoms with van der Waals surface area (Å²) >= 11 is 0.